The summed E-state index contributed by atoms with van der Waals surface area (Å²) >= 11 is 0. The second kappa shape index (κ2) is 15.5. The Morgan fingerprint density at radius 1 is 0.947 bits per heavy atom. The number of carbonyl (C=O) groups is 1. The minimum Gasteiger partial charge on any atom is -0.497 e. The molecule has 1 aromatic carbocycles. The van der Waals surface area contributed by atoms with E-state index in [1.165, 1.54) is 12.7 Å². The second-order valence-corrected chi connectivity index (χ2v) is 9.35. The van der Waals surface area contributed by atoms with Gasteiger partial charge in [-0.25, -0.2) is 15.0 Å². The Labute approximate surface area is 226 Å². The van der Waals surface area contributed by atoms with Crippen LogP contribution in [0.2, 0.25) is 0 Å². The highest BCUT2D eigenvalue weighted by Gasteiger charge is 2.18. The van der Waals surface area contributed by atoms with E-state index in [9.17, 15) is 4.79 Å². The van der Waals surface area contributed by atoms with Crippen molar-refractivity contribution in [3.63, 3.8) is 0 Å². The van der Waals surface area contributed by atoms with Gasteiger partial charge in [0.05, 0.1) is 27.2 Å². The summed E-state index contributed by atoms with van der Waals surface area (Å²) in [5.41, 5.74) is 3.27. The van der Waals surface area contributed by atoms with Gasteiger partial charge >= 0.3 is 12.0 Å². The molecule has 0 bridgehead atoms. The van der Waals surface area contributed by atoms with Crippen LogP contribution in [0.5, 0.6) is 11.8 Å². The number of pyridine rings is 1. The number of esters is 1. The predicted octanol–water partition coefficient (Wildman–Crippen LogP) is 5.76. The molecule has 0 amide bonds. The fraction of sp³-hybridized carbons (Fsp3) is 0.467. The summed E-state index contributed by atoms with van der Waals surface area (Å²) in [4.78, 5) is 27.6. The fourth-order valence-corrected chi connectivity index (χ4v) is 4.41. The highest BCUT2D eigenvalue weighted by atomic mass is 16.5. The molecule has 0 aliphatic carbocycles. The largest absolute Gasteiger partial charge is 0.497 e. The molecular formula is C30H40N4O4. The van der Waals surface area contributed by atoms with Crippen molar-refractivity contribution in [2.45, 2.75) is 64.3 Å². The van der Waals surface area contributed by atoms with Crippen LogP contribution in [0.3, 0.4) is 0 Å². The minimum absolute atomic E-state index is 0.0412. The lowest BCUT2D eigenvalue weighted by Crippen LogP contribution is -2.18. The molecule has 3 rings (SSSR count). The Hall–Kier alpha value is -3.68. The van der Waals surface area contributed by atoms with Crippen LogP contribution in [0, 0.1) is 0 Å². The molecule has 38 heavy (non-hydrogen) atoms. The summed E-state index contributed by atoms with van der Waals surface area (Å²) in [7, 11) is 5.28. The molecule has 0 radical (unpaired) electrons. The van der Waals surface area contributed by atoms with Crippen molar-refractivity contribution >= 4 is 11.8 Å². The average molecular weight is 521 g/mol. The van der Waals surface area contributed by atoms with Gasteiger partial charge in [0.25, 0.3) is 0 Å². The van der Waals surface area contributed by atoms with E-state index in [4.69, 9.17) is 19.2 Å². The van der Waals surface area contributed by atoms with Crippen molar-refractivity contribution in [2.75, 3.05) is 32.8 Å². The first-order valence-electron chi connectivity index (χ1n) is 13.3. The third-order valence-corrected chi connectivity index (χ3v) is 6.52. The van der Waals surface area contributed by atoms with E-state index in [-0.39, 0.29) is 11.9 Å². The third kappa shape index (κ3) is 9.32. The topological polar surface area (TPSA) is 86.7 Å². The highest BCUT2D eigenvalue weighted by molar-refractivity contribution is 5.70. The number of aromatic nitrogens is 3. The molecule has 2 aromatic heterocycles. The quantitative estimate of drug-likeness (QED) is 0.174. The first kappa shape index (κ1) is 28.9. The van der Waals surface area contributed by atoms with Crippen LogP contribution >= 0.6 is 0 Å². The zero-order valence-electron chi connectivity index (χ0n) is 23.1. The Kier molecular flexibility index (Phi) is 11.8. The van der Waals surface area contributed by atoms with E-state index in [1.54, 1.807) is 19.5 Å². The molecule has 0 aliphatic rings. The van der Waals surface area contributed by atoms with Crippen LogP contribution in [0.15, 0.2) is 54.9 Å². The second-order valence-electron chi connectivity index (χ2n) is 9.35. The van der Waals surface area contributed by atoms with E-state index in [0.29, 0.717) is 19.0 Å². The lowest BCUT2D eigenvalue weighted by atomic mass is 9.92. The number of anilines is 1. The SMILES string of the molecule is CCOC(=O)CC(CCCCCCc1cccc(N(C)Cc2ccc(OC)cc2)n1)c1cnc(OC)nc1. The minimum atomic E-state index is -0.184. The molecule has 0 saturated carbocycles. The van der Waals surface area contributed by atoms with Crippen molar-refractivity contribution in [1.29, 1.82) is 0 Å². The lowest BCUT2D eigenvalue weighted by molar-refractivity contribution is -0.143. The number of rotatable bonds is 16. The van der Waals surface area contributed by atoms with Crippen molar-refractivity contribution in [3.05, 3.63) is 71.7 Å². The highest BCUT2D eigenvalue weighted by Crippen LogP contribution is 2.27. The number of hydrogen-bond donors (Lipinski definition) is 0. The standard InChI is InChI=1S/C30H40N4O4/c1-5-38-29(35)19-24(25-20-31-30(37-4)32-21-25)11-8-6-7-9-12-26-13-10-14-28(33-26)34(2)22-23-15-17-27(36-3)18-16-23/h10,13-18,20-21,24H,5-9,11-12,19,22H2,1-4H3. The van der Waals surface area contributed by atoms with Crippen LogP contribution in [-0.4, -0.2) is 48.8 Å². The first-order chi connectivity index (χ1) is 18.5. The van der Waals surface area contributed by atoms with Gasteiger partial charge in [-0.3, -0.25) is 4.79 Å². The Morgan fingerprint density at radius 3 is 2.37 bits per heavy atom. The summed E-state index contributed by atoms with van der Waals surface area (Å²) in [6.07, 6.45) is 9.97. The van der Waals surface area contributed by atoms with Gasteiger partial charge in [0.1, 0.15) is 11.6 Å². The van der Waals surface area contributed by atoms with Gasteiger partial charge in [-0.1, -0.05) is 37.5 Å². The average Bonchev–Trinajstić information content (AvgIpc) is 2.95. The Balaban J connectivity index is 1.44. The molecule has 0 spiro atoms. The van der Waals surface area contributed by atoms with Crippen molar-refractivity contribution in [2.24, 2.45) is 0 Å². The molecular weight excluding hydrogens is 480 g/mol. The van der Waals surface area contributed by atoms with Crippen LogP contribution in [0.25, 0.3) is 0 Å². The molecule has 0 fully saturated rings. The summed E-state index contributed by atoms with van der Waals surface area (Å²) in [5, 5.41) is 0. The number of methoxy groups -OCH3 is 2. The van der Waals surface area contributed by atoms with Crippen LogP contribution in [0.4, 0.5) is 5.82 Å². The van der Waals surface area contributed by atoms with Gasteiger partial charge in [-0.2, -0.15) is 0 Å². The van der Waals surface area contributed by atoms with Gasteiger partial charge in [0.2, 0.25) is 0 Å². The van der Waals surface area contributed by atoms with E-state index in [1.807, 2.05) is 19.1 Å². The maximum absolute atomic E-state index is 12.1. The smallest absolute Gasteiger partial charge is 0.316 e. The zero-order valence-corrected chi connectivity index (χ0v) is 23.1. The molecule has 8 heteroatoms. The van der Waals surface area contributed by atoms with Crippen LogP contribution < -0.4 is 14.4 Å². The summed E-state index contributed by atoms with van der Waals surface area (Å²) < 4.78 is 15.5. The molecule has 0 saturated heterocycles. The molecule has 204 valence electrons. The fourth-order valence-electron chi connectivity index (χ4n) is 4.41. The molecule has 0 N–H and O–H groups in total. The van der Waals surface area contributed by atoms with Gasteiger partial charge in [-0.15, -0.1) is 0 Å². The predicted molar refractivity (Wildman–Crippen MR) is 149 cm³/mol. The maximum Gasteiger partial charge on any atom is 0.316 e. The van der Waals surface area contributed by atoms with E-state index >= 15 is 0 Å². The molecule has 3 aromatic rings. The van der Waals surface area contributed by atoms with E-state index in [2.05, 4.69) is 52.2 Å². The molecule has 2 heterocycles. The number of nitrogens with zero attached hydrogens (tertiary/aromatic N) is 4. The van der Waals surface area contributed by atoms with Gasteiger partial charge < -0.3 is 19.1 Å². The summed E-state index contributed by atoms with van der Waals surface area (Å²) in [6, 6.07) is 14.7. The molecule has 0 aliphatic heterocycles. The lowest BCUT2D eigenvalue weighted by Gasteiger charge is -2.19. The number of hydrogen-bond acceptors (Lipinski definition) is 8. The Morgan fingerprint density at radius 2 is 1.68 bits per heavy atom. The van der Waals surface area contributed by atoms with E-state index in [0.717, 1.165) is 67.9 Å². The Bertz CT molecular complexity index is 1110. The monoisotopic (exact) mass is 520 g/mol. The van der Waals surface area contributed by atoms with Crippen molar-refractivity contribution < 1.29 is 19.0 Å². The van der Waals surface area contributed by atoms with Gasteiger partial charge in [-0.05, 0) is 67.5 Å². The molecule has 1 unspecified atom stereocenters. The van der Waals surface area contributed by atoms with Crippen LogP contribution in [0.1, 0.15) is 68.2 Å². The van der Waals surface area contributed by atoms with Gasteiger partial charge in [0.15, 0.2) is 0 Å². The normalized spacial score (nSPS) is 11.6. The third-order valence-electron chi connectivity index (χ3n) is 6.52. The number of benzene rings is 1. The zero-order chi connectivity index (χ0) is 27.2. The first-order valence-corrected chi connectivity index (χ1v) is 13.3. The maximum atomic E-state index is 12.1. The molecule has 1 atom stereocenters. The number of aryl methyl sites for hydroxylation is 1. The summed E-state index contributed by atoms with van der Waals surface area (Å²) in [5.74, 6) is 1.69. The molecule has 8 nitrogen and oxygen atoms in total. The van der Waals surface area contributed by atoms with E-state index < -0.39 is 0 Å². The number of ether oxygens (including phenoxy) is 3. The van der Waals surface area contributed by atoms with Crippen molar-refractivity contribution in [1.82, 2.24) is 15.0 Å². The van der Waals surface area contributed by atoms with Crippen molar-refractivity contribution in [3.8, 4) is 11.8 Å². The summed E-state index contributed by atoms with van der Waals surface area (Å²) in [6.45, 7) is 3.00. The number of unbranched alkanes of at least 4 members (excludes halogenated alkanes) is 3. The number of carbonyl (C=O) groups excluding carboxylic acids is 1. The van der Waals surface area contributed by atoms with Gasteiger partial charge in [0, 0.05) is 31.7 Å². The van der Waals surface area contributed by atoms with Crippen LogP contribution in [-0.2, 0) is 22.5 Å².